The second kappa shape index (κ2) is 12.2. The first kappa shape index (κ1) is 28.4. The molecule has 5 rings (SSSR count). The number of halogens is 2. The zero-order valence-electron chi connectivity index (χ0n) is 21.4. The van der Waals surface area contributed by atoms with E-state index in [2.05, 4.69) is 45.2 Å². The highest BCUT2D eigenvalue weighted by atomic mass is 127. The van der Waals surface area contributed by atoms with Gasteiger partial charge in [-0.3, -0.25) is 14.2 Å². The number of nitrogens with zero attached hydrogens (tertiary/aromatic N) is 2. The molecule has 0 unspecified atom stereocenters. The van der Waals surface area contributed by atoms with Gasteiger partial charge in [0.05, 0.1) is 32.0 Å². The summed E-state index contributed by atoms with van der Waals surface area (Å²) in [5.41, 5.74) is 2.54. The van der Waals surface area contributed by atoms with Crippen molar-refractivity contribution in [2.45, 2.75) is 19.9 Å². The van der Waals surface area contributed by atoms with Crippen LogP contribution in [0.1, 0.15) is 36.6 Å². The normalized spacial score (nSPS) is 14.9. The van der Waals surface area contributed by atoms with Crippen molar-refractivity contribution in [3.8, 4) is 5.75 Å². The van der Waals surface area contributed by atoms with E-state index in [1.54, 1.807) is 17.6 Å². The molecule has 0 radical (unpaired) electrons. The number of carbonyl (C=O) groups is 2. The second-order valence-electron chi connectivity index (χ2n) is 8.74. The Kier molecular flexibility index (Phi) is 8.66. The molecule has 0 fully saturated rings. The number of carbonyl (C=O) groups excluding carboxylic acids is 2. The molecule has 2 heterocycles. The second-order valence-corrected chi connectivity index (χ2v) is 12.2. The minimum Gasteiger partial charge on any atom is -0.463 e. The molecule has 10 heteroatoms. The summed E-state index contributed by atoms with van der Waals surface area (Å²) in [6, 6.07) is 21.8. The Balaban J connectivity index is 1.83. The zero-order chi connectivity index (χ0) is 28.4. The monoisotopic (exact) mass is 776 g/mol. The molecule has 0 saturated heterocycles. The molecule has 1 aliphatic rings. The standard InChI is InChI=1S/C30H22I2N2O5S/c1-3-38-29(37)24-25(18-10-6-4-7-11-18)33-30-34(26(24)19-12-8-5-9-13-19)28(36)23(40-30)15-20-14-21(31)16-22(32)27(20)39-17(2)35/h4-16,26H,3H2,1-2H3/b23-15-/t26-/m0/s1. The van der Waals surface area contributed by atoms with Gasteiger partial charge in [-0.05, 0) is 75.9 Å². The molecule has 0 saturated carbocycles. The Hall–Kier alpha value is -3.10. The first-order chi connectivity index (χ1) is 19.3. The van der Waals surface area contributed by atoms with Crippen LogP contribution in [0, 0.1) is 7.14 Å². The summed E-state index contributed by atoms with van der Waals surface area (Å²) in [5.74, 6) is -0.598. The van der Waals surface area contributed by atoms with Gasteiger partial charge >= 0.3 is 11.9 Å². The van der Waals surface area contributed by atoms with E-state index in [0.29, 0.717) is 31.9 Å². The predicted octanol–water partition coefficient (Wildman–Crippen LogP) is 5.07. The molecule has 1 aromatic heterocycles. The number of ether oxygens (including phenoxy) is 2. The average Bonchev–Trinajstić information content (AvgIpc) is 3.25. The fourth-order valence-electron chi connectivity index (χ4n) is 4.47. The van der Waals surface area contributed by atoms with Gasteiger partial charge < -0.3 is 9.47 Å². The zero-order valence-corrected chi connectivity index (χ0v) is 26.5. The fraction of sp³-hybridized carbons (Fsp3) is 0.133. The highest BCUT2D eigenvalue weighted by Crippen LogP contribution is 2.35. The molecule has 3 aromatic carbocycles. The molecule has 0 amide bonds. The maximum atomic E-state index is 14.1. The van der Waals surface area contributed by atoms with Gasteiger partial charge in [0.15, 0.2) is 10.6 Å². The number of rotatable bonds is 6. The van der Waals surface area contributed by atoms with Crippen molar-refractivity contribution in [3.05, 3.63) is 122 Å². The number of thiazole rings is 1. The number of esters is 2. The largest absolute Gasteiger partial charge is 0.463 e. The van der Waals surface area contributed by atoms with Crippen LogP contribution in [0.4, 0.5) is 0 Å². The summed E-state index contributed by atoms with van der Waals surface area (Å²) in [6.07, 6.45) is 1.71. The van der Waals surface area contributed by atoms with Crippen LogP contribution < -0.4 is 19.6 Å². The van der Waals surface area contributed by atoms with Gasteiger partial charge in [0.1, 0.15) is 0 Å². The minimum absolute atomic E-state index is 0.181. The van der Waals surface area contributed by atoms with Gasteiger partial charge in [0.25, 0.3) is 5.56 Å². The summed E-state index contributed by atoms with van der Waals surface area (Å²) in [7, 11) is 0. The Bertz CT molecular complexity index is 1830. The van der Waals surface area contributed by atoms with Crippen LogP contribution in [0.15, 0.2) is 88.2 Å². The van der Waals surface area contributed by atoms with E-state index in [-0.39, 0.29) is 12.2 Å². The number of hydrogen-bond acceptors (Lipinski definition) is 7. The third-order valence-corrected chi connectivity index (χ3v) is 8.47. The van der Waals surface area contributed by atoms with Gasteiger partial charge in [0, 0.05) is 21.6 Å². The lowest BCUT2D eigenvalue weighted by molar-refractivity contribution is -0.139. The first-order valence-corrected chi connectivity index (χ1v) is 15.3. The van der Waals surface area contributed by atoms with Gasteiger partial charge in [-0.15, -0.1) is 0 Å². The molecule has 0 bridgehead atoms. The smallest absolute Gasteiger partial charge is 0.338 e. The SMILES string of the molecule is CCOC(=O)C1=C(c2ccccc2)N=c2s/c(=C\c3cc(I)cc(I)c3OC(C)=O)c(=O)n2[C@H]1c1ccccc1. The van der Waals surface area contributed by atoms with Crippen LogP contribution in [0.5, 0.6) is 5.75 Å². The van der Waals surface area contributed by atoms with Crippen LogP contribution in [0.25, 0.3) is 11.8 Å². The number of hydrogen-bond donors (Lipinski definition) is 0. The topological polar surface area (TPSA) is 87.0 Å². The average molecular weight is 776 g/mol. The molecule has 0 N–H and O–H groups in total. The number of fused-ring (bicyclic) bond motifs is 1. The van der Waals surface area contributed by atoms with E-state index in [1.165, 1.54) is 18.3 Å². The Morgan fingerprint density at radius 3 is 2.38 bits per heavy atom. The number of benzene rings is 3. The van der Waals surface area contributed by atoms with Crippen molar-refractivity contribution >= 4 is 80.2 Å². The summed E-state index contributed by atoms with van der Waals surface area (Å²) >= 11 is 5.51. The minimum atomic E-state index is -0.752. The molecule has 1 atom stereocenters. The van der Waals surface area contributed by atoms with Gasteiger partial charge in [-0.25, -0.2) is 9.79 Å². The van der Waals surface area contributed by atoms with Crippen molar-refractivity contribution in [2.24, 2.45) is 4.99 Å². The van der Waals surface area contributed by atoms with Crippen molar-refractivity contribution in [1.29, 1.82) is 0 Å². The van der Waals surface area contributed by atoms with Crippen LogP contribution in [0.2, 0.25) is 0 Å². The summed E-state index contributed by atoms with van der Waals surface area (Å²) in [4.78, 5) is 44.7. The highest BCUT2D eigenvalue weighted by molar-refractivity contribution is 14.1. The van der Waals surface area contributed by atoms with Gasteiger partial charge in [-0.1, -0.05) is 72.0 Å². The molecular weight excluding hydrogens is 754 g/mol. The molecule has 202 valence electrons. The van der Waals surface area contributed by atoms with Gasteiger partial charge in [0.2, 0.25) is 0 Å². The maximum absolute atomic E-state index is 14.1. The van der Waals surface area contributed by atoms with Crippen molar-refractivity contribution in [3.63, 3.8) is 0 Å². The van der Waals surface area contributed by atoms with Crippen molar-refractivity contribution in [1.82, 2.24) is 4.57 Å². The molecule has 4 aromatic rings. The Labute approximate surface area is 261 Å². The predicted molar refractivity (Wildman–Crippen MR) is 171 cm³/mol. The summed E-state index contributed by atoms with van der Waals surface area (Å²) in [6.45, 7) is 3.27. The maximum Gasteiger partial charge on any atom is 0.338 e. The molecule has 40 heavy (non-hydrogen) atoms. The van der Waals surface area contributed by atoms with Crippen molar-refractivity contribution in [2.75, 3.05) is 6.61 Å². The highest BCUT2D eigenvalue weighted by Gasteiger charge is 2.35. The fourth-order valence-corrected chi connectivity index (χ4v) is 7.46. The molecule has 1 aliphatic heterocycles. The van der Waals surface area contributed by atoms with E-state index >= 15 is 0 Å². The lowest BCUT2D eigenvalue weighted by Crippen LogP contribution is -2.40. The summed E-state index contributed by atoms with van der Waals surface area (Å²) < 4.78 is 14.6. The van der Waals surface area contributed by atoms with E-state index in [1.807, 2.05) is 72.8 Å². The molecule has 7 nitrogen and oxygen atoms in total. The molecule has 0 aliphatic carbocycles. The van der Waals surface area contributed by atoms with E-state index in [0.717, 1.165) is 18.3 Å². The quantitative estimate of drug-likeness (QED) is 0.155. The van der Waals surface area contributed by atoms with Crippen LogP contribution in [0.3, 0.4) is 0 Å². The van der Waals surface area contributed by atoms with Crippen LogP contribution >= 0.6 is 56.5 Å². The van der Waals surface area contributed by atoms with Crippen LogP contribution in [-0.2, 0) is 14.3 Å². The lowest BCUT2D eigenvalue weighted by atomic mass is 9.93. The van der Waals surface area contributed by atoms with Crippen molar-refractivity contribution < 1.29 is 19.1 Å². The molecule has 0 spiro atoms. The van der Waals surface area contributed by atoms with Crippen LogP contribution in [-0.4, -0.2) is 23.1 Å². The van der Waals surface area contributed by atoms with E-state index in [9.17, 15) is 14.4 Å². The van der Waals surface area contributed by atoms with E-state index < -0.39 is 18.0 Å². The Morgan fingerprint density at radius 1 is 1.05 bits per heavy atom. The van der Waals surface area contributed by atoms with E-state index in [4.69, 9.17) is 14.5 Å². The molecular formula is C30H22I2N2O5S. The van der Waals surface area contributed by atoms with Gasteiger partial charge in [-0.2, -0.15) is 0 Å². The number of aromatic nitrogens is 1. The third kappa shape index (κ3) is 5.70. The lowest BCUT2D eigenvalue weighted by Gasteiger charge is -2.25. The Morgan fingerprint density at radius 2 is 1.73 bits per heavy atom. The summed E-state index contributed by atoms with van der Waals surface area (Å²) in [5, 5.41) is 0. The third-order valence-electron chi connectivity index (χ3n) is 6.06. The first-order valence-electron chi connectivity index (χ1n) is 12.3.